The molecule has 22 heavy (non-hydrogen) atoms. The van der Waals surface area contributed by atoms with Gasteiger partial charge in [-0.15, -0.1) is 0 Å². The van der Waals surface area contributed by atoms with Crippen LogP contribution in [-0.2, 0) is 11.8 Å². The Labute approximate surface area is 129 Å². The van der Waals surface area contributed by atoms with Gasteiger partial charge in [0.2, 0.25) is 0 Å². The number of carbonyl (C=O) groups is 1. The maximum atomic E-state index is 12.1. The molecule has 1 saturated heterocycles. The summed E-state index contributed by atoms with van der Waals surface area (Å²) in [7, 11) is 1.49. The molecule has 0 aliphatic carbocycles. The molecule has 0 aromatic carbocycles. The number of hydrogen-bond acceptors (Lipinski definition) is 9. The minimum atomic E-state index is -1.44. The first-order valence-electron chi connectivity index (χ1n) is 6.43. The van der Waals surface area contributed by atoms with Crippen LogP contribution in [0.4, 0.5) is 5.82 Å². The molecule has 1 aromatic heterocycles. The van der Waals surface area contributed by atoms with Gasteiger partial charge < -0.3 is 25.4 Å². The van der Waals surface area contributed by atoms with E-state index in [0.717, 1.165) is 0 Å². The molecule has 4 atom stereocenters. The summed E-state index contributed by atoms with van der Waals surface area (Å²) in [5.74, 6) is -0.0462. The summed E-state index contributed by atoms with van der Waals surface area (Å²) < 4.78 is 6.41. The Hall–Kier alpha value is -1.46. The normalized spacial score (nSPS) is 28.4. The summed E-state index contributed by atoms with van der Waals surface area (Å²) in [6, 6.07) is 0. The highest BCUT2D eigenvalue weighted by atomic mass is 32.2. The third-order valence-corrected chi connectivity index (χ3v) is 4.10. The molecule has 122 valence electrons. The van der Waals surface area contributed by atoms with Gasteiger partial charge in [-0.25, -0.2) is 4.98 Å². The number of rotatable bonds is 4. The molecule has 9 nitrogen and oxygen atoms in total. The summed E-state index contributed by atoms with van der Waals surface area (Å²) in [4.78, 5) is 27.4. The molecule has 10 heteroatoms. The van der Waals surface area contributed by atoms with Gasteiger partial charge >= 0.3 is 0 Å². The van der Waals surface area contributed by atoms with Crippen LogP contribution >= 0.6 is 11.8 Å². The van der Waals surface area contributed by atoms with Gasteiger partial charge in [0.1, 0.15) is 29.7 Å². The minimum Gasteiger partial charge on any atom is -0.388 e. The number of thioether (sulfide) groups is 1. The second-order valence-corrected chi connectivity index (χ2v) is 5.56. The van der Waals surface area contributed by atoms with E-state index in [1.165, 1.54) is 23.4 Å². The van der Waals surface area contributed by atoms with E-state index in [0.29, 0.717) is 11.4 Å². The van der Waals surface area contributed by atoms with Crippen molar-refractivity contribution in [3.63, 3.8) is 0 Å². The van der Waals surface area contributed by atoms with E-state index in [1.807, 2.05) is 0 Å². The Morgan fingerprint density at radius 2 is 2.09 bits per heavy atom. The highest BCUT2D eigenvalue weighted by molar-refractivity contribution is 7.98. The standard InChI is InChI=1S/C12H17N3O6S/c1-15-11(20)5(3-16)9(14-12(15)22-2)13-10-8(19)7(18)6(17)4-21-10/h3,6-8,10,13,17-19H,4H2,1-2H3/t6-,7+,8-,10-/m1/s1. The zero-order valence-corrected chi connectivity index (χ0v) is 12.8. The maximum absolute atomic E-state index is 12.1. The van der Waals surface area contributed by atoms with E-state index < -0.39 is 30.1 Å². The summed E-state index contributed by atoms with van der Waals surface area (Å²) in [5, 5.41) is 31.9. The summed E-state index contributed by atoms with van der Waals surface area (Å²) in [6.45, 7) is -0.202. The van der Waals surface area contributed by atoms with Crippen molar-refractivity contribution in [1.29, 1.82) is 0 Å². The van der Waals surface area contributed by atoms with E-state index in [4.69, 9.17) is 4.74 Å². The van der Waals surface area contributed by atoms with Gasteiger partial charge in [0.15, 0.2) is 17.7 Å². The monoisotopic (exact) mass is 331 g/mol. The number of aldehydes is 1. The molecule has 2 heterocycles. The Kier molecular flexibility index (Phi) is 5.19. The minimum absolute atomic E-state index is 0.0462. The lowest BCUT2D eigenvalue weighted by atomic mass is 10.0. The molecule has 0 amide bonds. The number of nitrogens with zero attached hydrogens (tertiary/aromatic N) is 2. The summed E-state index contributed by atoms with van der Waals surface area (Å²) in [5.41, 5.74) is -0.751. The second-order valence-electron chi connectivity index (χ2n) is 4.79. The van der Waals surface area contributed by atoms with Gasteiger partial charge in [-0.1, -0.05) is 11.8 Å². The fourth-order valence-electron chi connectivity index (χ4n) is 2.07. The quantitative estimate of drug-likeness (QED) is 0.285. The first-order chi connectivity index (χ1) is 10.4. The fraction of sp³-hybridized carbons (Fsp3) is 0.583. The zero-order chi connectivity index (χ0) is 16.4. The first-order valence-corrected chi connectivity index (χ1v) is 7.65. The van der Waals surface area contributed by atoms with E-state index in [1.54, 1.807) is 6.26 Å². The van der Waals surface area contributed by atoms with Gasteiger partial charge in [0, 0.05) is 7.05 Å². The van der Waals surface area contributed by atoms with Crippen LogP contribution < -0.4 is 10.9 Å². The van der Waals surface area contributed by atoms with Crippen LogP contribution in [0.15, 0.2) is 9.95 Å². The lowest BCUT2D eigenvalue weighted by molar-refractivity contribution is -0.178. The lowest BCUT2D eigenvalue weighted by Gasteiger charge is -2.35. The first kappa shape index (κ1) is 16.9. The maximum Gasteiger partial charge on any atom is 0.266 e. The fourth-order valence-corrected chi connectivity index (χ4v) is 2.61. The molecule has 1 fully saturated rings. The molecule has 1 aromatic rings. The third kappa shape index (κ3) is 3.01. The van der Waals surface area contributed by atoms with Crippen LogP contribution in [0, 0.1) is 0 Å². The van der Waals surface area contributed by atoms with Gasteiger partial charge in [0.05, 0.1) is 6.61 Å². The van der Waals surface area contributed by atoms with E-state index in [2.05, 4.69) is 10.3 Å². The Bertz CT molecular complexity index is 622. The van der Waals surface area contributed by atoms with Crippen molar-refractivity contribution < 1.29 is 24.9 Å². The van der Waals surface area contributed by atoms with Crippen molar-refractivity contribution in [3.8, 4) is 0 Å². The molecule has 0 saturated carbocycles. The van der Waals surface area contributed by atoms with E-state index in [9.17, 15) is 24.9 Å². The number of aromatic nitrogens is 2. The second kappa shape index (κ2) is 6.75. The molecule has 0 spiro atoms. The number of aliphatic hydroxyl groups is 3. The molecule has 0 unspecified atom stereocenters. The topological polar surface area (TPSA) is 134 Å². The third-order valence-electron chi connectivity index (χ3n) is 3.36. The van der Waals surface area contributed by atoms with Gasteiger partial charge in [0.25, 0.3) is 5.56 Å². The number of nitrogens with one attached hydrogen (secondary N) is 1. The molecular weight excluding hydrogens is 314 g/mol. The molecule has 1 aliphatic heterocycles. The average molecular weight is 331 g/mol. The Morgan fingerprint density at radius 3 is 2.68 bits per heavy atom. The van der Waals surface area contributed by atoms with Crippen LogP contribution in [0.5, 0.6) is 0 Å². The van der Waals surface area contributed by atoms with Crippen LogP contribution in [-0.4, -0.2) is 68.6 Å². The van der Waals surface area contributed by atoms with Crippen LogP contribution in [0.1, 0.15) is 10.4 Å². The van der Waals surface area contributed by atoms with Crippen molar-refractivity contribution in [2.24, 2.45) is 7.05 Å². The van der Waals surface area contributed by atoms with Crippen molar-refractivity contribution in [2.75, 3.05) is 18.2 Å². The van der Waals surface area contributed by atoms with Crippen molar-refractivity contribution in [1.82, 2.24) is 9.55 Å². The number of aliphatic hydroxyl groups excluding tert-OH is 3. The number of hydrogen-bond donors (Lipinski definition) is 4. The molecule has 0 radical (unpaired) electrons. The predicted molar refractivity (Wildman–Crippen MR) is 78.0 cm³/mol. The predicted octanol–water partition coefficient (Wildman–Crippen LogP) is -1.83. The van der Waals surface area contributed by atoms with Crippen LogP contribution in [0.25, 0.3) is 0 Å². The highest BCUT2D eigenvalue weighted by Gasteiger charge is 2.38. The van der Waals surface area contributed by atoms with Crippen molar-refractivity contribution in [3.05, 3.63) is 15.9 Å². The Balaban J connectivity index is 2.35. The molecular formula is C12H17N3O6S. The average Bonchev–Trinajstić information content (AvgIpc) is 2.51. The summed E-state index contributed by atoms with van der Waals surface area (Å²) in [6.07, 6.45) is -3.08. The van der Waals surface area contributed by atoms with Gasteiger partial charge in [-0.2, -0.15) is 0 Å². The largest absolute Gasteiger partial charge is 0.388 e. The molecule has 1 aliphatic rings. The van der Waals surface area contributed by atoms with Crippen molar-refractivity contribution >= 4 is 23.9 Å². The highest BCUT2D eigenvalue weighted by Crippen LogP contribution is 2.20. The molecule has 4 N–H and O–H groups in total. The molecule has 0 bridgehead atoms. The lowest BCUT2D eigenvalue weighted by Crippen LogP contribution is -2.55. The number of carbonyl (C=O) groups excluding carboxylic acids is 1. The smallest absolute Gasteiger partial charge is 0.266 e. The van der Waals surface area contributed by atoms with E-state index >= 15 is 0 Å². The molecule has 2 rings (SSSR count). The Morgan fingerprint density at radius 1 is 1.41 bits per heavy atom. The number of anilines is 1. The van der Waals surface area contributed by atoms with Crippen LogP contribution in [0.3, 0.4) is 0 Å². The summed E-state index contributed by atoms with van der Waals surface area (Å²) >= 11 is 1.21. The van der Waals surface area contributed by atoms with E-state index in [-0.39, 0.29) is 18.0 Å². The SMILES string of the molecule is CSc1nc(N[C@@H]2OC[C@@H](O)[C@H](O)[C@H]2O)c(C=O)c(=O)n1C. The number of ether oxygens (including phenoxy) is 1. The van der Waals surface area contributed by atoms with Crippen molar-refractivity contribution in [2.45, 2.75) is 29.7 Å². The van der Waals surface area contributed by atoms with Gasteiger partial charge in [-0.3, -0.25) is 14.2 Å². The zero-order valence-electron chi connectivity index (χ0n) is 12.0. The van der Waals surface area contributed by atoms with Crippen LogP contribution in [0.2, 0.25) is 0 Å². The van der Waals surface area contributed by atoms with Gasteiger partial charge in [-0.05, 0) is 6.26 Å².